The van der Waals surface area contributed by atoms with E-state index in [1.54, 1.807) is 0 Å². The van der Waals surface area contributed by atoms with Gasteiger partial charge in [-0.25, -0.2) is 0 Å². The summed E-state index contributed by atoms with van der Waals surface area (Å²) in [6.45, 7) is 27.1. The van der Waals surface area contributed by atoms with Crippen LogP contribution in [0.5, 0.6) is 23.0 Å². The summed E-state index contributed by atoms with van der Waals surface area (Å²) in [5, 5.41) is 0. The van der Waals surface area contributed by atoms with Crippen LogP contribution in [0.4, 0.5) is 34.1 Å². The first-order chi connectivity index (χ1) is 47.1. The Hall–Kier alpha value is -9.25. The number of anilines is 6. The van der Waals surface area contributed by atoms with Gasteiger partial charge in [-0.05, 0) is 207 Å². The van der Waals surface area contributed by atoms with E-state index in [1.807, 2.05) is 0 Å². The second-order valence-electron chi connectivity index (χ2n) is 33.4. The Morgan fingerprint density at radius 1 is 0.296 bits per heavy atom. The second-order valence-corrected chi connectivity index (χ2v) is 33.4. The molecule has 6 heteroatoms. The number of ether oxygens (including phenoxy) is 2. The van der Waals surface area contributed by atoms with Crippen molar-refractivity contribution < 1.29 is 9.47 Å². The van der Waals surface area contributed by atoms with Gasteiger partial charge >= 0.3 is 0 Å². The number of benzene rings is 11. The molecule has 0 N–H and O–H groups in total. The molecule has 6 aliphatic rings. The molecule has 0 aromatic heterocycles. The van der Waals surface area contributed by atoms with Gasteiger partial charge in [-0.3, -0.25) is 0 Å². The summed E-state index contributed by atoms with van der Waals surface area (Å²) in [6.07, 6.45) is 9.85. The third kappa shape index (κ3) is 10.6. The molecule has 4 nitrogen and oxygen atoms in total. The van der Waals surface area contributed by atoms with Crippen LogP contribution in [-0.2, 0) is 21.7 Å². The molecule has 486 valence electrons. The zero-order chi connectivity index (χ0) is 67.3. The van der Waals surface area contributed by atoms with Crippen molar-refractivity contribution in [1.29, 1.82) is 0 Å². The van der Waals surface area contributed by atoms with Gasteiger partial charge in [0.15, 0.2) is 0 Å². The van der Waals surface area contributed by atoms with Gasteiger partial charge in [-0.15, -0.1) is 0 Å². The molecular weight excluding hydrogens is 1190 g/mol. The third-order valence-corrected chi connectivity index (χ3v) is 23.0. The van der Waals surface area contributed by atoms with E-state index < -0.39 is 0 Å². The molecule has 0 amide bonds. The van der Waals surface area contributed by atoms with E-state index in [2.05, 4.69) is 311 Å². The van der Waals surface area contributed by atoms with Crippen molar-refractivity contribution in [1.82, 2.24) is 0 Å². The highest BCUT2D eigenvalue weighted by Crippen LogP contribution is 2.55. The van der Waals surface area contributed by atoms with E-state index >= 15 is 0 Å². The van der Waals surface area contributed by atoms with E-state index in [1.165, 1.54) is 151 Å². The van der Waals surface area contributed by atoms with Gasteiger partial charge in [0, 0.05) is 33.7 Å². The molecule has 11 aromatic carbocycles. The van der Waals surface area contributed by atoms with Crippen molar-refractivity contribution >= 4 is 80.3 Å². The SMILES string of the molecule is CC(C)(C)c1ccc(-c2ccc(N3c4ccc(-c5ccc(C(C)(C)C)cc5)cc4B4c5cc(C6CCCC6)ccc5Oc5c4c3c3c4c5N(c5ccc(-c6ccc(C(C)(C)C)cc6)cc5)c5ccc(-c6ccc(C(C)(C)C)cc6)cc5B4c4cc(C5CCCC5)ccc4O3)cc2)cc1. The topological polar surface area (TPSA) is 24.9 Å². The average Bonchev–Trinajstić information content (AvgIpc) is 0.970. The zero-order valence-corrected chi connectivity index (χ0v) is 59.5. The van der Waals surface area contributed by atoms with E-state index in [-0.39, 0.29) is 35.1 Å². The Balaban J connectivity index is 0.959. The molecule has 11 aromatic rings. The quantitative estimate of drug-likeness (QED) is 0.142. The Kier molecular flexibility index (Phi) is 14.7. The summed E-state index contributed by atoms with van der Waals surface area (Å²) >= 11 is 0. The summed E-state index contributed by atoms with van der Waals surface area (Å²) < 4.78 is 16.2. The predicted octanol–water partition coefficient (Wildman–Crippen LogP) is 21.7. The molecule has 0 unspecified atom stereocenters. The first-order valence-electron chi connectivity index (χ1n) is 36.5. The van der Waals surface area contributed by atoms with Crippen LogP contribution >= 0.6 is 0 Å². The molecule has 0 spiro atoms. The van der Waals surface area contributed by atoms with Gasteiger partial charge in [-0.2, -0.15) is 0 Å². The van der Waals surface area contributed by atoms with Crippen LogP contribution < -0.4 is 52.1 Å². The largest absolute Gasteiger partial charge is 0.456 e. The normalized spacial score (nSPS) is 15.6. The maximum Gasteiger partial charge on any atom is 0.256 e. The Morgan fingerprint density at radius 2 is 0.571 bits per heavy atom. The number of fused-ring (bicyclic) bond motifs is 10. The fourth-order valence-electron chi connectivity index (χ4n) is 17.2. The van der Waals surface area contributed by atoms with Gasteiger partial charge in [0.1, 0.15) is 23.0 Å². The Labute approximate surface area is 583 Å². The number of hydrogen-bond donors (Lipinski definition) is 0. The first-order valence-corrected chi connectivity index (χ1v) is 36.5. The van der Waals surface area contributed by atoms with Gasteiger partial charge in [0.05, 0.1) is 11.4 Å². The van der Waals surface area contributed by atoms with Crippen molar-refractivity contribution in [2.75, 3.05) is 9.80 Å². The standard InChI is InChI=1S/C92H90B2N2O2/c1-89(2,3)69-37-21-59(22-38-69)61-29-45-73(46-30-61)95-79-49-33-65(63-25-41-71(42-26-63)91(7,8)9)53-75(79)93-77-55-67(57-17-13-14-18-57)36-52-82(77)98-88-83(93)85(95)87-84-86(88)96(74-47-31-62(32-48-74)60-23-39-70(40-24-60)90(4,5)6)80-50-34-66(64-27-43-72(44-28-64)92(10,11)12)54-76(80)94(84)78-56-68(35-51-81(78)97-87)58-19-15-16-20-58/h21-58H,13-20H2,1-12H3. The van der Waals surface area contributed by atoms with Gasteiger partial charge < -0.3 is 19.3 Å². The van der Waals surface area contributed by atoms with Crippen molar-refractivity contribution in [3.63, 3.8) is 0 Å². The van der Waals surface area contributed by atoms with Crippen LogP contribution in [-0.4, -0.2) is 13.4 Å². The lowest BCUT2D eigenvalue weighted by Crippen LogP contribution is -2.64. The maximum atomic E-state index is 8.08. The molecule has 0 bridgehead atoms. The predicted molar refractivity (Wildman–Crippen MR) is 417 cm³/mol. The Bertz CT molecular complexity index is 4620. The minimum Gasteiger partial charge on any atom is -0.456 e. The number of nitrogens with zero attached hydrogens (tertiary/aromatic N) is 2. The highest BCUT2D eigenvalue weighted by Gasteiger charge is 2.53. The minimum atomic E-state index is -0.222. The maximum absolute atomic E-state index is 8.08. The Morgan fingerprint density at radius 3 is 0.867 bits per heavy atom. The highest BCUT2D eigenvalue weighted by atomic mass is 16.5. The average molecular weight is 1280 g/mol. The molecule has 4 heterocycles. The number of rotatable bonds is 8. The van der Waals surface area contributed by atoms with E-state index in [4.69, 9.17) is 9.47 Å². The van der Waals surface area contributed by atoms with E-state index in [9.17, 15) is 0 Å². The smallest absolute Gasteiger partial charge is 0.256 e. The molecule has 17 rings (SSSR count). The van der Waals surface area contributed by atoms with Gasteiger partial charge in [-0.1, -0.05) is 279 Å². The molecule has 2 saturated carbocycles. The third-order valence-electron chi connectivity index (χ3n) is 23.0. The molecule has 2 fully saturated rings. The molecule has 4 aliphatic heterocycles. The lowest BCUT2D eigenvalue weighted by atomic mass is 9.31. The van der Waals surface area contributed by atoms with Gasteiger partial charge in [0.2, 0.25) is 0 Å². The molecular formula is C92H90B2N2O2. The van der Waals surface area contributed by atoms with Crippen molar-refractivity contribution in [3.8, 4) is 67.5 Å². The lowest BCUT2D eigenvalue weighted by molar-refractivity contribution is 0.477. The van der Waals surface area contributed by atoms with Crippen molar-refractivity contribution in [2.45, 2.75) is 168 Å². The summed E-state index contributed by atoms with van der Waals surface area (Å²) in [7, 11) is 0. The summed E-state index contributed by atoms with van der Waals surface area (Å²) in [5.41, 5.74) is 31.5. The van der Waals surface area contributed by atoms with E-state index in [0.29, 0.717) is 11.8 Å². The van der Waals surface area contributed by atoms with Crippen LogP contribution in [0.25, 0.3) is 44.5 Å². The van der Waals surface area contributed by atoms with Crippen LogP contribution in [0.2, 0.25) is 0 Å². The van der Waals surface area contributed by atoms with Crippen LogP contribution in [0.1, 0.15) is 180 Å². The highest BCUT2D eigenvalue weighted by molar-refractivity contribution is 7.02. The summed E-state index contributed by atoms with van der Waals surface area (Å²) in [6, 6.07) is 85.0. The zero-order valence-electron chi connectivity index (χ0n) is 59.5. The first kappa shape index (κ1) is 62.3. The molecule has 0 atom stereocenters. The number of hydrogen-bond acceptors (Lipinski definition) is 4. The molecule has 2 aliphatic carbocycles. The van der Waals surface area contributed by atoms with E-state index in [0.717, 1.165) is 68.0 Å². The lowest BCUT2D eigenvalue weighted by Gasteiger charge is -2.47. The fraction of sp³-hybridized carbons (Fsp3) is 0.283. The fourth-order valence-corrected chi connectivity index (χ4v) is 17.2. The second kappa shape index (κ2) is 23.2. The summed E-state index contributed by atoms with van der Waals surface area (Å²) in [4.78, 5) is 5.13. The van der Waals surface area contributed by atoms with Crippen LogP contribution in [0, 0.1) is 0 Å². The summed E-state index contributed by atoms with van der Waals surface area (Å²) in [5.74, 6) is 4.60. The molecule has 0 saturated heterocycles. The van der Waals surface area contributed by atoms with Crippen LogP contribution in [0.3, 0.4) is 0 Å². The molecule has 98 heavy (non-hydrogen) atoms. The van der Waals surface area contributed by atoms with Crippen molar-refractivity contribution in [3.05, 3.63) is 252 Å². The minimum absolute atomic E-state index is 0.0258. The van der Waals surface area contributed by atoms with Crippen LogP contribution in [0.15, 0.2) is 218 Å². The molecule has 0 radical (unpaired) electrons. The monoisotopic (exact) mass is 1280 g/mol. The van der Waals surface area contributed by atoms with Gasteiger partial charge in [0.25, 0.3) is 13.4 Å². The van der Waals surface area contributed by atoms with Crippen molar-refractivity contribution in [2.24, 2.45) is 0 Å².